The molecule has 11 heteroatoms. The highest BCUT2D eigenvalue weighted by Crippen LogP contribution is 2.24. The van der Waals surface area contributed by atoms with Crippen LogP contribution in [-0.4, -0.2) is 26.5 Å². The second-order valence-electron chi connectivity index (χ2n) is 7.75. The van der Waals surface area contributed by atoms with Gasteiger partial charge in [-0.2, -0.15) is 5.10 Å². The number of nitrogens with one attached hydrogen (secondary N) is 2. The van der Waals surface area contributed by atoms with E-state index in [0.29, 0.717) is 15.7 Å². The highest BCUT2D eigenvalue weighted by Gasteiger charge is 2.15. The van der Waals surface area contributed by atoms with Crippen molar-refractivity contribution in [3.05, 3.63) is 123 Å². The molecule has 4 aromatic carbocycles. The average Bonchev–Trinajstić information content (AvgIpc) is 2.91. The maximum atomic E-state index is 12.6. The molecule has 0 unspecified atom stereocenters. The van der Waals surface area contributed by atoms with Crippen LogP contribution < -0.4 is 14.9 Å². The first kappa shape index (κ1) is 27.1. The maximum Gasteiger partial charge on any atom is 0.345 e. The van der Waals surface area contributed by atoms with E-state index in [1.807, 2.05) is 0 Å². The van der Waals surface area contributed by atoms with Crippen molar-refractivity contribution >= 4 is 61.3 Å². The normalized spacial score (nSPS) is 11.2. The van der Waals surface area contributed by atoms with Gasteiger partial charge < -0.3 is 4.74 Å². The molecule has 0 saturated carbocycles. The lowest BCUT2D eigenvalue weighted by Gasteiger charge is -2.09. The summed E-state index contributed by atoms with van der Waals surface area (Å²) in [7, 11) is -3.75. The number of hydrazone groups is 1. The number of benzene rings is 4. The molecule has 0 spiro atoms. The first-order valence-electron chi connectivity index (χ1n) is 11.0. The molecule has 0 saturated heterocycles. The minimum absolute atomic E-state index is 0.126. The monoisotopic (exact) mass is 611 g/mol. The zero-order chi connectivity index (χ0) is 27.1. The van der Waals surface area contributed by atoms with Gasteiger partial charge in [0.2, 0.25) is 0 Å². The topological polar surface area (TPSA) is 114 Å². The summed E-state index contributed by atoms with van der Waals surface area (Å²) >= 11 is 9.44. The molecule has 4 rings (SSSR count). The fourth-order valence-electron chi connectivity index (χ4n) is 3.22. The molecule has 8 nitrogen and oxygen atoms in total. The number of sulfonamides is 1. The number of carbonyl (C=O) groups excluding carboxylic acids is 2. The zero-order valence-corrected chi connectivity index (χ0v) is 22.6. The second-order valence-corrected chi connectivity index (χ2v) is 10.8. The standard InChI is InChI=1S/C27H19BrClN3O5S/c28-20-12-15-25(37-27(34)23-8-4-5-9-24(23)29)19(16-20)17-30-31-26(33)18-10-13-21(14-11-18)32-38(35,36)22-6-2-1-3-7-22/h1-17,32H,(H,31,33)/b30-17+. The van der Waals surface area contributed by atoms with E-state index < -0.39 is 21.9 Å². The Morgan fingerprint density at radius 3 is 2.29 bits per heavy atom. The molecule has 0 radical (unpaired) electrons. The minimum atomic E-state index is -3.75. The fraction of sp³-hybridized carbons (Fsp3) is 0. The first-order chi connectivity index (χ1) is 18.2. The molecule has 0 aliphatic carbocycles. The van der Waals surface area contributed by atoms with Gasteiger partial charge in [0.25, 0.3) is 15.9 Å². The number of hydrogen-bond acceptors (Lipinski definition) is 6. The van der Waals surface area contributed by atoms with Crippen molar-refractivity contribution in [2.45, 2.75) is 4.90 Å². The van der Waals surface area contributed by atoms with Crippen molar-refractivity contribution in [3.63, 3.8) is 0 Å². The van der Waals surface area contributed by atoms with Crippen molar-refractivity contribution in [2.24, 2.45) is 5.10 Å². The number of rotatable bonds is 8. The molecule has 0 atom stereocenters. The summed E-state index contributed by atoms with van der Waals surface area (Å²) in [6.45, 7) is 0. The quantitative estimate of drug-likeness (QED) is 0.112. The van der Waals surface area contributed by atoms with Gasteiger partial charge in [0.05, 0.1) is 21.7 Å². The van der Waals surface area contributed by atoms with Gasteiger partial charge in [-0.15, -0.1) is 0 Å². The third kappa shape index (κ3) is 6.86. The van der Waals surface area contributed by atoms with Gasteiger partial charge in [-0.3, -0.25) is 9.52 Å². The van der Waals surface area contributed by atoms with Crippen LogP contribution in [0, 0.1) is 0 Å². The van der Waals surface area contributed by atoms with E-state index in [0.717, 1.165) is 0 Å². The number of nitrogens with zero attached hydrogens (tertiary/aromatic N) is 1. The summed E-state index contributed by atoms with van der Waals surface area (Å²) in [5.74, 6) is -0.950. The molecular weight excluding hydrogens is 594 g/mol. The molecule has 0 aliphatic heterocycles. The Bertz CT molecular complexity index is 1610. The van der Waals surface area contributed by atoms with Crippen molar-refractivity contribution in [1.29, 1.82) is 0 Å². The van der Waals surface area contributed by atoms with Gasteiger partial charge in [0.15, 0.2) is 0 Å². The smallest absolute Gasteiger partial charge is 0.345 e. The minimum Gasteiger partial charge on any atom is -0.422 e. The molecule has 1 amide bonds. The van der Waals surface area contributed by atoms with Crippen LogP contribution in [0.15, 0.2) is 112 Å². The zero-order valence-electron chi connectivity index (χ0n) is 19.5. The number of halogens is 2. The van der Waals surface area contributed by atoms with Crippen LogP contribution >= 0.6 is 27.5 Å². The summed E-state index contributed by atoms with van der Waals surface area (Å²) in [4.78, 5) is 25.2. The number of esters is 1. The molecule has 38 heavy (non-hydrogen) atoms. The van der Waals surface area contributed by atoms with Crippen LogP contribution in [0.25, 0.3) is 0 Å². The largest absolute Gasteiger partial charge is 0.422 e. The molecule has 0 heterocycles. The van der Waals surface area contributed by atoms with Gasteiger partial charge in [-0.1, -0.05) is 57.9 Å². The predicted octanol–water partition coefficient (Wildman–Crippen LogP) is 5.89. The van der Waals surface area contributed by atoms with Crippen LogP contribution in [0.4, 0.5) is 5.69 Å². The first-order valence-corrected chi connectivity index (χ1v) is 13.7. The summed E-state index contributed by atoms with van der Waals surface area (Å²) in [6, 6.07) is 25.3. The van der Waals surface area contributed by atoms with Crippen LogP contribution in [0.5, 0.6) is 5.75 Å². The lowest BCUT2D eigenvalue weighted by molar-refractivity contribution is 0.0734. The Labute approximate surface area is 232 Å². The van der Waals surface area contributed by atoms with Crippen molar-refractivity contribution in [2.75, 3.05) is 4.72 Å². The van der Waals surface area contributed by atoms with E-state index in [2.05, 4.69) is 31.2 Å². The molecule has 0 aliphatic rings. The van der Waals surface area contributed by atoms with Gasteiger partial charge >= 0.3 is 5.97 Å². The maximum absolute atomic E-state index is 12.6. The predicted molar refractivity (Wildman–Crippen MR) is 149 cm³/mol. The third-order valence-corrected chi connectivity index (χ3v) is 7.31. The Hall–Kier alpha value is -3.99. The molecule has 2 N–H and O–H groups in total. The molecule has 0 fully saturated rings. The van der Waals surface area contributed by atoms with Crippen LogP contribution in [0.3, 0.4) is 0 Å². The van der Waals surface area contributed by atoms with Crippen LogP contribution in [0.2, 0.25) is 5.02 Å². The van der Waals surface area contributed by atoms with Gasteiger partial charge in [-0.25, -0.2) is 18.6 Å². The van der Waals surface area contributed by atoms with E-state index in [-0.39, 0.29) is 26.8 Å². The van der Waals surface area contributed by atoms with Crippen LogP contribution in [-0.2, 0) is 10.0 Å². The highest BCUT2D eigenvalue weighted by molar-refractivity contribution is 9.10. The Morgan fingerprint density at radius 2 is 1.58 bits per heavy atom. The lowest BCUT2D eigenvalue weighted by atomic mass is 10.2. The summed E-state index contributed by atoms with van der Waals surface area (Å²) in [6.07, 6.45) is 1.33. The Morgan fingerprint density at radius 1 is 0.895 bits per heavy atom. The third-order valence-electron chi connectivity index (χ3n) is 5.09. The van der Waals surface area contributed by atoms with Crippen molar-refractivity contribution in [1.82, 2.24) is 5.43 Å². The second kappa shape index (κ2) is 12.0. The summed E-state index contributed by atoms with van der Waals surface area (Å²) in [5.41, 5.74) is 3.58. The number of carbonyl (C=O) groups is 2. The van der Waals surface area contributed by atoms with E-state index >= 15 is 0 Å². The average molecular weight is 613 g/mol. The van der Waals surface area contributed by atoms with E-state index in [1.165, 1.54) is 42.6 Å². The van der Waals surface area contributed by atoms with Crippen LogP contribution in [0.1, 0.15) is 26.3 Å². The number of ether oxygens (including phenoxy) is 1. The molecule has 0 bridgehead atoms. The van der Waals surface area contributed by atoms with Gasteiger partial charge in [-0.05, 0) is 66.7 Å². The van der Waals surface area contributed by atoms with Crippen molar-refractivity contribution in [3.8, 4) is 5.75 Å². The Balaban J connectivity index is 1.42. The molecular formula is C27H19BrClN3O5S. The number of hydrogen-bond donors (Lipinski definition) is 2. The van der Waals surface area contributed by atoms with Gasteiger partial charge in [0.1, 0.15) is 5.75 Å². The summed E-state index contributed by atoms with van der Waals surface area (Å²) in [5, 5.41) is 4.22. The fourth-order valence-corrected chi connectivity index (χ4v) is 4.89. The van der Waals surface area contributed by atoms with E-state index in [9.17, 15) is 18.0 Å². The number of anilines is 1. The SMILES string of the molecule is O=C(N/N=C/c1cc(Br)ccc1OC(=O)c1ccccc1Cl)c1ccc(NS(=O)(=O)c2ccccc2)cc1. The molecule has 192 valence electrons. The van der Waals surface area contributed by atoms with Crippen molar-refractivity contribution < 1.29 is 22.7 Å². The lowest BCUT2D eigenvalue weighted by Crippen LogP contribution is -2.18. The van der Waals surface area contributed by atoms with Gasteiger partial charge in [0, 0.05) is 21.3 Å². The molecule has 4 aromatic rings. The Kier molecular flexibility index (Phi) is 8.57. The number of amides is 1. The van der Waals surface area contributed by atoms with E-state index in [4.69, 9.17) is 16.3 Å². The highest BCUT2D eigenvalue weighted by atomic mass is 79.9. The molecule has 0 aromatic heterocycles. The van der Waals surface area contributed by atoms with E-state index in [1.54, 1.807) is 60.7 Å². The summed E-state index contributed by atoms with van der Waals surface area (Å²) < 4.78 is 33.6.